The number of anilines is 1. The smallest absolute Gasteiger partial charge is 0.353 e. The average molecular weight is 441 g/mol. The Hall–Kier alpha value is -2.68. The molecule has 0 unspecified atom stereocenters. The first kappa shape index (κ1) is 22.0. The summed E-state index contributed by atoms with van der Waals surface area (Å²) in [5.41, 5.74) is -0.485. The number of alkyl halides is 3. The highest BCUT2D eigenvalue weighted by atomic mass is 35.5. The van der Waals surface area contributed by atoms with Crippen LogP contribution in [0, 0.1) is 6.92 Å². The minimum absolute atomic E-state index is 0.0408. The molecule has 0 aliphatic carbocycles. The first-order valence-electron chi connectivity index (χ1n) is 9.38. The molecule has 1 saturated heterocycles. The second-order valence-electron chi connectivity index (χ2n) is 6.95. The number of halogens is 4. The number of benzene rings is 1. The van der Waals surface area contributed by atoms with E-state index in [9.17, 15) is 22.8 Å². The molecule has 1 fully saturated rings. The topological polar surface area (TPSA) is 66.4 Å². The lowest BCUT2D eigenvalue weighted by molar-refractivity contribution is -0.141. The standard InChI is InChI=1S/C20H20ClF3N4O2/c1-13-25-17(20(22,23)24)12-18(26-13)27-8-10-28(11-9-27)19(30)7-6-16(29)14-2-4-15(21)5-3-14/h2-5,12H,6-11H2,1H3. The number of rotatable bonds is 5. The van der Waals surface area contributed by atoms with Crippen LogP contribution in [0.15, 0.2) is 30.3 Å². The number of hydrogen-bond acceptors (Lipinski definition) is 5. The van der Waals surface area contributed by atoms with Gasteiger partial charge in [-0.15, -0.1) is 0 Å². The lowest BCUT2D eigenvalue weighted by atomic mass is 10.1. The Bertz CT molecular complexity index is 927. The highest BCUT2D eigenvalue weighted by Gasteiger charge is 2.34. The minimum atomic E-state index is -4.54. The van der Waals surface area contributed by atoms with E-state index in [0.29, 0.717) is 36.8 Å². The van der Waals surface area contributed by atoms with Crippen molar-refractivity contribution in [3.05, 3.63) is 52.4 Å². The molecule has 6 nitrogen and oxygen atoms in total. The maximum absolute atomic E-state index is 13.0. The van der Waals surface area contributed by atoms with Crippen LogP contribution >= 0.6 is 11.6 Å². The highest BCUT2D eigenvalue weighted by molar-refractivity contribution is 6.30. The summed E-state index contributed by atoms with van der Waals surface area (Å²) in [6.45, 7) is 2.81. The van der Waals surface area contributed by atoms with E-state index >= 15 is 0 Å². The predicted molar refractivity (Wildman–Crippen MR) is 106 cm³/mol. The first-order valence-corrected chi connectivity index (χ1v) is 9.75. The quantitative estimate of drug-likeness (QED) is 0.662. The van der Waals surface area contributed by atoms with Gasteiger partial charge in [0.2, 0.25) is 5.91 Å². The predicted octanol–water partition coefficient (Wildman–Crippen LogP) is 3.77. The molecule has 2 heterocycles. The molecule has 0 bridgehead atoms. The van der Waals surface area contributed by atoms with Crippen LogP contribution < -0.4 is 4.90 Å². The number of carbonyl (C=O) groups is 2. The summed E-state index contributed by atoms with van der Waals surface area (Å²) in [5.74, 6) is -0.0690. The molecule has 0 saturated carbocycles. The lowest BCUT2D eigenvalue weighted by Gasteiger charge is -2.35. The van der Waals surface area contributed by atoms with Crippen LogP contribution in [-0.4, -0.2) is 52.7 Å². The molecular formula is C20H20ClF3N4O2. The molecule has 10 heteroatoms. The molecular weight excluding hydrogens is 421 g/mol. The second kappa shape index (κ2) is 8.99. The molecule has 0 N–H and O–H groups in total. The minimum Gasteiger partial charge on any atom is -0.353 e. The summed E-state index contributed by atoms with van der Waals surface area (Å²) in [6, 6.07) is 7.40. The average Bonchev–Trinajstić information content (AvgIpc) is 2.71. The monoisotopic (exact) mass is 440 g/mol. The van der Waals surface area contributed by atoms with Crippen molar-refractivity contribution in [2.24, 2.45) is 0 Å². The third kappa shape index (κ3) is 5.47. The van der Waals surface area contributed by atoms with Crippen LogP contribution in [0.25, 0.3) is 0 Å². The number of hydrogen-bond donors (Lipinski definition) is 0. The van der Waals surface area contributed by atoms with Crippen molar-refractivity contribution in [2.45, 2.75) is 25.9 Å². The number of amides is 1. The third-order valence-electron chi connectivity index (χ3n) is 4.80. The van der Waals surface area contributed by atoms with Gasteiger partial charge in [0.1, 0.15) is 17.3 Å². The molecule has 1 aliphatic heterocycles. The van der Waals surface area contributed by atoms with Gasteiger partial charge in [0.15, 0.2) is 5.78 Å². The van der Waals surface area contributed by atoms with Crippen molar-refractivity contribution >= 4 is 29.1 Å². The van der Waals surface area contributed by atoms with Crippen LogP contribution in [0.1, 0.15) is 34.7 Å². The Kier molecular flexibility index (Phi) is 6.60. The second-order valence-corrected chi connectivity index (χ2v) is 7.39. The van der Waals surface area contributed by atoms with Crippen LogP contribution in [0.2, 0.25) is 5.02 Å². The molecule has 1 aromatic carbocycles. The lowest BCUT2D eigenvalue weighted by Crippen LogP contribution is -2.49. The van der Waals surface area contributed by atoms with E-state index in [-0.39, 0.29) is 36.2 Å². The molecule has 0 atom stereocenters. The summed E-state index contributed by atoms with van der Waals surface area (Å²) in [4.78, 5) is 35.5. The van der Waals surface area contributed by atoms with Crippen LogP contribution in [0.3, 0.4) is 0 Å². The summed E-state index contributed by atoms with van der Waals surface area (Å²) in [7, 11) is 0. The van der Waals surface area contributed by atoms with E-state index in [0.717, 1.165) is 6.07 Å². The number of carbonyl (C=O) groups excluding carboxylic acids is 2. The normalized spacial score (nSPS) is 14.7. The molecule has 30 heavy (non-hydrogen) atoms. The van der Waals surface area contributed by atoms with Gasteiger partial charge in [-0.3, -0.25) is 9.59 Å². The van der Waals surface area contributed by atoms with Gasteiger partial charge < -0.3 is 9.80 Å². The van der Waals surface area contributed by atoms with E-state index in [2.05, 4.69) is 9.97 Å². The molecule has 1 aliphatic rings. The van der Waals surface area contributed by atoms with Crippen molar-refractivity contribution < 1.29 is 22.8 Å². The van der Waals surface area contributed by atoms with Crippen molar-refractivity contribution in [3.63, 3.8) is 0 Å². The Morgan fingerprint density at radius 3 is 2.27 bits per heavy atom. The van der Waals surface area contributed by atoms with E-state index in [1.165, 1.54) is 6.92 Å². The number of piperazine rings is 1. The zero-order chi connectivity index (χ0) is 21.9. The van der Waals surface area contributed by atoms with Gasteiger partial charge in [0.25, 0.3) is 0 Å². The summed E-state index contributed by atoms with van der Waals surface area (Å²) in [6.07, 6.45) is -4.39. The van der Waals surface area contributed by atoms with Gasteiger partial charge in [-0.05, 0) is 31.2 Å². The number of ketones is 1. The summed E-state index contributed by atoms with van der Waals surface area (Å²) < 4.78 is 38.9. The Balaban J connectivity index is 1.54. The Morgan fingerprint density at radius 2 is 1.67 bits per heavy atom. The summed E-state index contributed by atoms with van der Waals surface area (Å²) in [5, 5.41) is 0.529. The number of nitrogens with zero attached hydrogens (tertiary/aromatic N) is 4. The first-order chi connectivity index (χ1) is 14.1. The zero-order valence-corrected chi connectivity index (χ0v) is 17.0. The maximum atomic E-state index is 13.0. The van der Waals surface area contributed by atoms with Gasteiger partial charge in [-0.2, -0.15) is 13.2 Å². The van der Waals surface area contributed by atoms with E-state index in [1.54, 1.807) is 34.1 Å². The van der Waals surface area contributed by atoms with E-state index in [4.69, 9.17) is 11.6 Å². The third-order valence-corrected chi connectivity index (χ3v) is 5.06. The molecule has 2 aromatic rings. The Morgan fingerprint density at radius 1 is 1.03 bits per heavy atom. The number of aryl methyl sites for hydroxylation is 1. The maximum Gasteiger partial charge on any atom is 0.433 e. The van der Waals surface area contributed by atoms with Gasteiger partial charge in [0, 0.05) is 55.7 Å². The molecule has 0 radical (unpaired) electrons. The van der Waals surface area contributed by atoms with Gasteiger partial charge >= 0.3 is 6.18 Å². The molecule has 160 valence electrons. The largest absolute Gasteiger partial charge is 0.433 e. The van der Waals surface area contributed by atoms with Gasteiger partial charge in [-0.1, -0.05) is 11.6 Å². The number of Topliss-reactive ketones (excluding diaryl/α,β-unsaturated/α-hetero) is 1. The number of aromatic nitrogens is 2. The fourth-order valence-corrected chi connectivity index (χ4v) is 3.33. The van der Waals surface area contributed by atoms with Crippen molar-refractivity contribution in [1.82, 2.24) is 14.9 Å². The Labute approximate surface area is 176 Å². The molecule has 1 amide bonds. The van der Waals surface area contributed by atoms with E-state index in [1.807, 2.05) is 0 Å². The molecule has 1 aromatic heterocycles. The van der Waals surface area contributed by atoms with E-state index < -0.39 is 11.9 Å². The SMILES string of the molecule is Cc1nc(N2CCN(C(=O)CCC(=O)c3ccc(Cl)cc3)CC2)cc(C(F)(F)F)n1. The van der Waals surface area contributed by atoms with Crippen LogP contribution in [0.5, 0.6) is 0 Å². The van der Waals surface area contributed by atoms with Crippen LogP contribution in [0.4, 0.5) is 19.0 Å². The fraction of sp³-hybridized carbons (Fsp3) is 0.400. The van der Waals surface area contributed by atoms with Crippen LogP contribution in [-0.2, 0) is 11.0 Å². The molecule has 3 rings (SSSR count). The van der Waals surface area contributed by atoms with Crippen molar-refractivity contribution in [3.8, 4) is 0 Å². The van der Waals surface area contributed by atoms with Gasteiger partial charge in [0.05, 0.1) is 0 Å². The van der Waals surface area contributed by atoms with Crippen molar-refractivity contribution in [1.29, 1.82) is 0 Å². The molecule has 0 spiro atoms. The fourth-order valence-electron chi connectivity index (χ4n) is 3.20. The summed E-state index contributed by atoms with van der Waals surface area (Å²) >= 11 is 5.80. The van der Waals surface area contributed by atoms with Gasteiger partial charge in [-0.25, -0.2) is 9.97 Å². The van der Waals surface area contributed by atoms with Crippen molar-refractivity contribution in [2.75, 3.05) is 31.1 Å². The highest BCUT2D eigenvalue weighted by Crippen LogP contribution is 2.30. The zero-order valence-electron chi connectivity index (χ0n) is 16.2.